The third-order valence-electron chi connectivity index (χ3n) is 2.56. The molecule has 1 heterocycles. The monoisotopic (exact) mass is 193 g/mol. The molecule has 1 radical (unpaired) electrons. The Hall–Kier alpha value is -0.890. The molecule has 0 N–H and O–H groups in total. The molecule has 0 amide bonds. The molecule has 1 aliphatic rings. The third-order valence-corrected chi connectivity index (χ3v) is 2.56. The van der Waals surface area contributed by atoms with Crippen molar-refractivity contribution < 1.29 is 9.13 Å². The number of hydrogen-bond acceptors (Lipinski definition) is 1. The van der Waals surface area contributed by atoms with E-state index in [2.05, 4.69) is 6.42 Å². The lowest BCUT2D eigenvalue weighted by atomic mass is 9.92. The smallest absolute Gasteiger partial charge is 0.123 e. The zero-order valence-corrected chi connectivity index (χ0v) is 8.08. The molecule has 0 aliphatic carbocycles. The molecule has 1 aliphatic heterocycles. The van der Waals surface area contributed by atoms with Crippen LogP contribution in [0.25, 0.3) is 0 Å². The Morgan fingerprint density at radius 1 is 1.14 bits per heavy atom. The predicted molar refractivity (Wildman–Crippen MR) is 53.3 cm³/mol. The first-order valence-corrected chi connectivity index (χ1v) is 5.03. The molecule has 2 rings (SSSR count). The van der Waals surface area contributed by atoms with Crippen molar-refractivity contribution in [2.24, 2.45) is 5.92 Å². The molecule has 1 fully saturated rings. The molecule has 0 spiro atoms. The Labute approximate surface area is 83.9 Å². The second-order valence-electron chi connectivity index (χ2n) is 3.67. The molecule has 1 aromatic carbocycles. The van der Waals surface area contributed by atoms with Crippen molar-refractivity contribution in [1.29, 1.82) is 0 Å². The number of halogens is 1. The summed E-state index contributed by atoms with van der Waals surface area (Å²) < 4.78 is 17.9. The molecule has 0 aromatic heterocycles. The van der Waals surface area contributed by atoms with Crippen LogP contribution in [0, 0.1) is 18.2 Å². The molecule has 0 unspecified atom stereocenters. The van der Waals surface area contributed by atoms with E-state index in [-0.39, 0.29) is 5.82 Å². The lowest BCUT2D eigenvalue weighted by molar-refractivity contribution is 0.0755. The van der Waals surface area contributed by atoms with Crippen molar-refractivity contribution in [3.8, 4) is 0 Å². The first kappa shape index (κ1) is 9.66. The van der Waals surface area contributed by atoms with E-state index in [0.29, 0.717) is 5.92 Å². The van der Waals surface area contributed by atoms with Gasteiger partial charge in [-0.1, -0.05) is 12.1 Å². The summed E-state index contributed by atoms with van der Waals surface area (Å²) in [5, 5.41) is 0. The van der Waals surface area contributed by atoms with E-state index in [9.17, 15) is 4.39 Å². The standard InChI is InChI=1S/C12H14FO/c13-12-3-1-10(2-4-12)9-11-5-7-14-8-6-11/h1-4,9,11H,5-8H2. The molecule has 0 bridgehead atoms. The maximum atomic E-state index is 12.6. The second kappa shape index (κ2) is 4.56. The van der Waals surface area contributed by atoms with Crippen molar-refractivity contribution in [3.05, 3.63) is 42.1 Å². The Morgan fingerprint density at radius 3 is 2.43 bits per heavy atom. The van der Waals surface area contributed by atoms with Crippen molar-refractivity contribution in [1.82, 2.24) is 0 Å². The molecular weight excluding hydrogens is 179 g/mol. The fourth-order valence-electron chi connectivity index (χ4n) is 1.73. The van der Waals surface area contributed by atoms with Gasteiger partial charge < -0.3 is 4.74 Å². The van der Waals surface area contributed by atoms with Crippen LogP contribution in [0.1, 0.15) is 18.4 Å². The summed E-state index contributed by atoms with van der Waals surface area (Å²) in [4.78, 5) is 0. The van der Waals surface area contributed by atoms with Crippen LogP contribution >= 0.6 is 0 Å². The average molecular weight is 193 g/mol. The molecule has 75 valence electrons. The van der Waals surface area contributed by atoms with Gasteiger partial charge in [-0.15, -0.1) is 0 Å². The highest BCUT2D eigenvalue weighted by Crippen LogP contribution is 2.21. The van der Waals surface area contributed by atoms with Crippen LogP contribution in [0.2, 0.25) is 0 Å². The fraction of sp³-hybridized carbons (Fsp3) is 0.417. The quantitative estimate of drug-likeness (QED) is 0.701. The van der Waals surface area contributed by atoms with Gasteiger partial charge in [0.25, 0.3) is 0 Å². The van der Waals surface area contributed by atoms with Crippen molar-refractivity contribution in [2.75, 3.05) is 13.2 Å². The van der Waals surface area contributed by atoms with E-state index in [4.69, 9.17) is 4.74 Å². The molecule has 0 saturated carbocycles. The van der Waals surface area contributed by atoms with Gasteiger partial charge >= 0.3 is 0 Å². The van der Waals surface area contributed by atoms with Crippen molar-refractivity contribution in [2.45, 2.75) is 12.8 Å². The van der Waals surface area contributed by atoms with Crippen LogP contribution in [-0.4, -0.2) is 13.2 Å². The van der Waals surface area contributed by atoms with Crippen LogP contribution in [-0.2, 0) is 4.74 Å². The topological polar surface area (TPSA) is 9.23 Å². The summed E-state index contributed by atoms with van der Waals surface area (Å²) in [7, 11) is 0. The van der Waals surface area contributed by atoms with Crippen molar-refractivity contribution in [3.63, 3.8) is 0 Å². The Morgan fingerprint density at radius 2 is 1.79 bits per heavy atom. The summed E-state index contributed by atoms with van der Waals surface area (Å²) in [5.74, 6) is 0.420. The summed E-state index contributed by atoms with van der Waals surface area (Å²) in [6, 6.07) is 6.66. The van der Waals surface area contributed by atoms with Crippen LogP contribution in [0.3, 0.4) is 0 Å². The Kier molecular flexibility index (Phi) is 3.14. The van der Waals surface area contributed by atoms with Crippen molar-refractivity contribution >= 4 is 0 Å². The van der Waals surface area contributed by atoms with Crippen LogP contribution in [0.15, 0.2) is 24.3 Å². The SMILES string of the molecule is Fc1ccc([CH]C2CCOCC2)cc1. The minimum absolute atomic E-state index is 0.172. The first-order valence-electron chi connectivity index (χ1n) is 5.03. The first-order chi connectivity index (χ1) is 6.84. The molecule has 2 heteroatoms. The van der Waals surface area contributed by atoms with Gasteiger partial charge in [-0.2, -0.15) is 0 Å². The molecule has 0 atom stereocenters. The van der Waals surface area contributed by atoms with E-state index in [1.54, 1.807) is 0 Å². The fourth-order valence-corrected chi connectivity index (χ4v) is 1.73. The summed E-state index contributed by atoms with van der Waals surface area (Å²) in [6.07, 6.45) is 4.37. The van der Waals surface area contributed by atoms with Gasteiger partial charge in [-0.05, 0) is 42.9 Å². The van der Waals surface area contributed by atoms with Gasteiger partial charge in [0, 0.05) is 13.2 Å². The van der Waals surface area contributed by atoms with Gasteiger partial charge in [0.05, 0.1) is 0 Å². The van der Waals surface area contributed by atoms with Gasteiger partial charge in [0.15, 0.2) is 0 Å². The molecule has 1 aromatic rings. The predicted octanol–water partition coefficient (Wildman–Crippen LogP) is 2.80. The normalized spacial score (nSPS) is 18.4. The Bertz CT molecular complexity index is 275. The maximum absolute atomic E-state index is 12.6. The molecular formula is C12H14FO. The van der Waals surface area contributed by atoms with Crippen LogP contribution in [0.4, 0.5) is 4.39 Å². The van der Waals surface area contributed by atoms with Gasteiger partial charge in [-0.3, -0.25) is 0 Å². The number of rotatable bonds is 2. The average Bonchev–Trinajstić information content (AvgIpc) is 2.23. The largest absolute Gasteiger partial charge is 0.381 e. The summed E-state index contributed by atoms with van der Waals surface area (Å²) >= 11 is 0. The number of benzene rings is 1. The van der Waals surface area contributed by atoms with Gasteiger partial charge in [0.1, 0.15) is 5.82 Å². The zero-order valence-electron chi connectivity index (χ0n) is 8.08. The number of ether oxygens (including phenoxy) is 1. The highest BCUT2D eigenvalue weighted by atomic mass is 19.1. The van der Waals surface area contributed by atoms with Gasteiger partial charge in [-0.25, -0.2) is 4.39 Å². The minimum atomic E-state index is -0.172. The van der Waals surface area contributed by atoms with Crippen LogP contribution < -0.4 is 0 Å². The summed E-state index contributed by atoms with van der Waals surface area (Å²) in [6.45, 7) is 1.70. The second-order valence-corrected chi connectivity index (χ2v) is 3.67. The highest BCUT2D eigenvalue weighted by molar-refractivity contribution is 5.24. The van der Waals surface area contributed by atoms with Gasteiger partial charge in [0.2, 0.25) is 0 Å². The van der Waals surface area contributed by atoms with E-state index >= 15 is 0 Å². The van der Waals surface area contributed by atoms with E-state index in [0.717, 1.165) is 31.6 Å². The lowest BCUT2D eigenvalue weighted by Gasteiger charge is -2.21. The minimum Gasteiger partial charge on any atom is -0.381 e. The van der Waals surface area contributed by atoms with E-state index < -0.39 is 0 Å². The molecule has 1 saturated heterocycles. The van der Waals surface area contributed by atoms with E-state index in [1.807, 2.05) is 12.1 Å². The Balaban J connectivity index is 1.92. The molecule has 1 nitrogen and oxygen atoms in total. The third kappa shape index (κ3) is 2.55. The van der Waals surface area contributed by atoms with Crippen LogP contribution in [0.5, 0.6) is 0 Å². The number of hydrogen-bond donors (Lipinski definition) is 0. The highest BCUT2D eigenvalue weighted by Gasteiger charge is 2.14. The molecule has 14 heavy (non-hydrogen) atoms. The van der Waals surface area contributed by atoms with E-state index in [1.165, 1.54) is 12.1 Å². The summed E-state index contributed by atoms with van der Waals surface area (Å²) in [5.41, 5.74) is 1.11. The zero-order chi connectivity index (χ0) is 9.80. The maximum Gasteiger partial charge on any atom is 0.123 e. The lowest BCUT2D eigenvalue weighted by Crippen LogP contribution is -2.16.